The standard InChI is InChI=1S/C42H30N4O/c1-3-11-29(12-4-1)39-44-40(46-41(45-39)35-21-18-27-10-7-8-15-31(27)24-35)34-17-9-16-32(25-34)33-20-19-28-22-23-37-38(36(28)26-33)43-42(47-37)30-13-5-2-6-14-30/h1-26,40-41,46H,(H,44,45). The van der Waals surface area contributed by atoms with Gasteiger partial charge in [0.15, 0.2) is 5.58 Å². The second-order valence-corrected chi connectivity index (χ2v) is 12.0. The van der Waals surface area contributed by atoms with Crippen LogP contribution in [0.5, 0.6) is 0 Å². The van der Waals surface area contributed by atoms with Crippen LogP contribution in [0.3, 0.4) is 0 Å². The van der Waals surface area contributed by atoms with Crippen molar-refractivity contribution in [3.63, 3.8) is 0 Å². The van der Waals surface area contributed by atoms with E-state index in [0.29, 0.717) is 5.89 Å². The van der Waals surface area contributed by atoms with Crippen molar-refractivity contribution in [3.8, 4) is 22.6 Å². The summed E-state index contributed by atoms with van der Waals surface area (Å²) in [5, 5.41) is 12.1. The van der Waals surface area contributed by atoms with E-state index in [1.54, 1.807) is 0 Å². The molecule has 5 heteroatoms. The van der Waals surface area contributed by atoms with Crippen molar-refractivity contribution in [3.05, 3.63) is 174 Å². The van der Waals surface area contributed by atoms with E-state index < -0.39 is 0 Å². The van der Waals surface area contributed by atoms with Gasteiger partial charge in [-0.3, -0.25) is 5.32 Å². The summed E-state index contributed by atoms with van der Waals surface area (Å²) in [7, 11) is 0. The maximum Gasteiger partial charge on any atom is 0.227 e. The van der Waals surface area contributed by atoms with Crippen LogP contribution >= 0.6 is 0 Å². The molecule has 8 aromatic rings. The van der Waals surface area contributed by atoms with E-state index in [2.05, 4.69) is 126 Å². The summed E-state index contributed by atoms with van der Waals surface area (Å²) in [4.78, 5) is 10.1. The fourth-order valence-corrected chi connectivity index (χ4v) is 6.51. The van der Waals surface area contributed by atoms with Crippen LogP contribution in [-0.4, -0.2) is 10.8 Å². The summed E-state index contributed by atoms with van der Waals surface area (Å²) >= 11 is 0. The quantitative estimate of drug-likeness (QED) is 0.205. The molecule has 1 aromatic heterocycles. The van der Waals surface area contributed by atoms with Gasteiger partial charge in [0.1, 0.15) is 23.7 Å². The van der Waals surface area contributed by atoms with Crippen LogP contribution in [0.25, 0.3) is 55.2 Å². The Morgan fingerprint density at radius 3 is 2.06 bits per heavy atom. The Morgan fingerprint density at radius 2 is 1.21 bits per heavy atom. The minimum absolute atomic E-state index is 0.124. The lowest BCUT2D eigenvalue weighted by Crippen LogP contribution is -2.44. The Morgan fingerprint density at radius 1 is 0.511 bits per heavy atom. The number of nitrogens with one attached hydrogen (secondary N) is 2. The molecule has 0 spiro atoms. The van der Waals surface area contributed by atoms with Gasteiger partial charge in [0.25, 0.3) is 0 Å². The number of amidine groups is 1. The van der Waals surface area contributed by atoms with Gasteiger partial charge < -0.3 is 9.73 Å². The summed E-state index contributed by atoms with van der Waals surface area (Å²) in [6.07, 6.45) is -0.375. The van der Waals surface area contributed by atoms with Crippen LogP contribution in [0.2, 0.25) is 0 Å². The van der Waals surface area contributed by atoms with Gasteiger partial charge in [0.2, 0.25) is 5.89 Å². The van der Waals surface area contributed by atoms with E-state index in [1.807, 2.05) is 42.5 Å². The highest BCUT2D eigenvalue weighted by Gasteiger charge is 2.26. The predicted octanol–water partition coefficient (Wildman–Crippen LogP) is 9.81. The molecule has 0 saturated carbocycles. The fraction of sp³-hybridized carbons (Fsp3) is 0.0476. The van der Waals surface area contributed by atoms with Gasteiger partial charge in [-0.25, -0.2) is 9.98 Å². The summed E-state index contributed by atoms with van der Waals surface area (Å²) in [5.41, 5.74) is 8.16. The van der Waals surface area contributed by atoms with Gasteiger partial charge >= 0.3 is 0 Å². The first kappa shape index (κ1) is 27.3. The number of hydrogen-bond acceptors (Lipinski definition) is 5. The van der Waals surface area contributed by atoms with Crippen molar-refractivity contribution in [1.29, 1.82) is 0 Å². The molecule has 2 N–H and O–H groups in total. The van der Waals surface area contributed by atoms with Crippen LogP contribution in [0.15, 0.2) is 167 Å². The van der Waals surface area contributed by atoms with Gasteiger partial charge in [0.05, 0.1) is 0 Å². The van der Waals surface area contributed by atoms with Crippen LogP contribution in [0, 0.1) is 0 Å². The van der Waals surface area contributed by atoms with Crippen molar-refractivity contribution in [1.82, 2.24) is 15.6 Å². The smallest absolute Gasteiger partial charge is 0.227 e. The first-order valence-electron chi connectivity index (χ1n) is 15.9. The molecular weight excluding hydrogens is 576 g/mol. The number of hydrogen-bond donors (Lipinski definition) is 2. The molecule has 5 nitrogen and oxygen atoms in total. The maximum absolute atomic E-state index is 6.18. The lowest BCUT2D eigenvalue weighted by atomic mass is 9.98. The van der Waals surface area contributed by atoms with Gasteiger partial charge in [-0.15, -0.1) is 0 Å². The van der Waals surface area contributed by atoms with Crippen LogP contribution < -0.4 is 10.6 Å². The number of fused-ring (bicyclic) bond motifs is 4. The predicted molar refractivity (Wildman–Crippen MR) is 191 cm³/mol. The zero-order chi connectivity index (χ0) is 31.2. The van der Waals surface area contributed by atoms with Crippen LogP contribution in [-0.2, 0) is 0 Å². The van der Waals surface area contributed by atoms with Crippen LogP contribution in [0.1, 0.15) is 29.0 Å². The van der Waals surface area contributed by atoms with Gasteiger partial charge in [0, 0.05) is 16.5 Å². The van der Waals surface area contributed by atoms with Crippen molar-refractivity contribution in [2.45, 2.75) is 12.3 Å². The third-order valence-electron chi connectivity index (χ3n) is 8.95. The number of oxazole rings is 1. The molecule has 2 atom stereocenters. The van der Waals surface area contributed by atoms with Crippen molar-refractivity contribution in [2.75, 3.05) is 0 Å². The first-order chi connectivity index (χ1) is 23.2. The monoisotopic (exact) mass is 606 g/mol. The summed E-state index contributed by atoms with van der Waals surface area (Å²) in [6.45, 7) is 0. The number of rotatable bonds is 5. The molecule has 0 bridgehead atoms. The summed E-state index contributed by atoms with van der Waals surface area (Å²) < 4.78 is 6.18. The minimum Gasteiger partial charge on any atom is -0.436 e. The largest absolute Gasteiger partial charge is 0.436 e. The van der Waals surface area contributed by atoms with E-state index in [9.17, 15) is 0 Å². The number of nitrogens with zero attached hydrogens (tertiary/aromatic N) is 2. The zero-order valence-electron chi connectivity index (χ0n) is 25.5. The third-order valence-corrected chi connectivity index (χ3v) is 8.95. The van der Waals surface area contributed by atoms with Crippen LogP contribution in [0.4, 0.5) is 0 Å². The Hall–Kier alpha value is -6.04. The molecule has 0 fully saturated rings. The van der Waals surface area contributed by atoms with Crippen molar-refractivity contribution >= 4 is 38.5 Å². The number of aliphatic imine (C=N–C) groups is 1. The van der Waals surface area contributed by atoms with Gasteiger partial charge in [-0.05, 0) is 74.8 Å². The van der Waals surface area contributed by atoms with E-state index in [4.69, 9.17) is 14.4 Å². The highest BCUT2D eigenvalue weighted by Crippen LogP contribution is 2.34. The molecule has 2 heterocycles. The molecule has 1 aliphatic heterocycles. The molecule has 1 aliphatic rings. The molecule has 2 unspecified atom stereocenters. The molecule has 47 heavy (non-hydrogen) atoms. The number of aromatic nitrogens is 1. The first-order valence-corrected chi connectivity index (χ1v) is 15.9. The van der Waals surface area contributed by atoms with Crippen molar-refractivity contribution < 1.29 is 4.42 Å². The second-order valence-electron chi connectivity index (χ2n) is 12.0. The molecule has 224 valence electrons. The maximum atomic E-state index is 6.18. The summed E-state index contributed by atoms with van der Waals surface area (Å²) in [5.74, 6) is 1.50. The summed E-state index contributed by atoms with van der Waals surface area (Å²) in [6, 6.07) is 54.8. The normalized spacial score (nSPS) is 16.3. The van der Waals surface area contributed by atoms with E-state index in [0.717, 1.165) is 61.1 Å². The Bertz CT molecular complexity index is 2430. The average Bonchev–Trinajstić information content (AvgIpc) is 3.60. The molecule has 0 amide bonds. The Balaban J connectivity index is 1.10. The molecule has 0 aliphatic carbocycles. The average molecular weight is 607 g/mol. The molecule has 0 saturated heterocycles. The zero-order valence-corrected chi connectivity index (χ0v) is 25.5. The third kappa shape index (κ3) is 5.13. The fourth-order valence-electron chi connectivity index (χ4n) is 6.51. The highest BCUT2D eigenvalue weighted by molar-refractivity contribution is 6.05. The van der Waals surface area contributed by atoms with Crippen molar-refractivity contribution in [2.24, 2.45) is 4.99 Å². The van der Waals surface area contributed by atoms with Gasteiger partial charge in [-0.2, -0.15) is 0 Å². The SMILES string of the molecule is c1ccc(C2=NC(c3cccc(-c4ccc5ccc6oc(-c7ccccc7)nc6c5c4)c3)NC(c3ccc4ccccc4c3)N2)cc1. The topological polar surface area (TPSA) is 62.5 Å². The minimum atomic E-state index is -0.251. The van der Waals surface area contributed by atoms with Gasteiger partial charge in [-0.1, -0.05) is 121 Å². The lowest BCUT2D eigenvalue weighted by Gasteiger charge is -2.32. The van der Waals surface area contributed by atoms with E-state index in [-0.39, 0.29) is 12.3 Å². The molecule has 7 aromatic carbocycles. The highest BCUT2D eigenvalue weighted by atomic mass is 16.3. The lowest BCUT2D eigenvalue weighted by molar-refractivity contribution is 0.409. The van der Waals surface area contributed by atoms with E-state index >= 15 is 0 Å². The Labute approximate surface area is 272 Å². The molecule has 9 rings (SSSR count). The Kier molecular flexibility index (Phi) is 6.61. The second kappa shape index (κ2) is 11.4. The number of benzene rings is 7. The van der Waals surface area contributed by atoms with E-state index in [1.165, 1.54) is 10.8 Å². The molecular formula is C42H30N4O. The molecule has 0 radical (unpaired) electrons.